The SMILES string of the molecule is C1=CNC2=N[C@@H](c3ccccc3)C=C2N1. The van der Waals surface area contributed by atoms with Gasteiger partial charge in [-0.1, -0.05) is 30.3 Å². The van der Waals surface area contributed by atoms with Gasteiger partial charge in [0.1, 0.15) is 5.84 Å². The summed E-state index contributed by atoms with van der Waals surface area (Å²) in [6, 6.07) is 10.4. The van der Waals surface area contributed by atoms with Crippen LogP contribution in [-0.4, -0.2) is 5.84 Å². The van der Waals surface area contributed by atoms with Gasteiger partial charge >= 0.3 is 0 Å². The van der Waals surface area contributed by atoms with Gasteiger partial charge in [0.15, 0.2) is 0 Å². The van der Waals surface area contributed by atoms with Crippen LogP contribution in [0.1, 0.15) is 11.6 Å². The van der Waals surface area contributed by atoms with Gasteiger partial charge in [0, 0.05) is 12.4 Å². The van der Waals surface area contributed by atoms with Crippen molar-refractivity contribution in [2.24, 2.45) is 4.99 Å². The van der Waals surface area contributed by atoms with Crippen molar-refractivity contribution < 1.29 is 0 Å². The number of rotatable bonds is 1. The molecular formula is C12H11N3. The summed E-state index contributed by atoms with van der Waals surface area (Å²) in [5.41, 5.74) is 2.28. The molecule has 3 rings (SSSR count). The number of benzene rings is 1. The van der Waals surface area contributed by atoms with Crippen molar-refractivity contribution in [3.63, 3.8) is 0 Å². The molecule has 0 saturated heterocycles. The summed E-state index contributed by atoms with van der Waals surface area (Å²) < 4.78 is 0. The highest BCUT2D eigenvalue weighted by atomic mass is 15.1. The number of fused-ring (bicyclic) bond motifs is 1. The fraction of sp³-hybridized carbons (Fsp3) is 0.0833. The first-order valence-corrected chi connectivity index (χ1v) is 4.96. The zero-order chi connectivity index (χ0) is 10.1. The Balaban J connectivity index is 1.94. The Morgan fingerprint density at radius 1 is 1.00 bits per heavy atom. The molecular weight excluding hydrogens is 186 g/mol. The third kappa shape index (κ3) is 1.42. The van der Waals surface area contributed by atoms with Gasteiger partial charge < -0.3 is 10.6 Å². The quantitative estimate of drug-likeness (QED) is 0.718. The van der Waals surface area contributed by atoms with Crippen LogP contribution in [0.2, 0.25) is 0 Å². The molecule has 2 aliphatic heterocycles. The fourth-order valence-electron chi connectivity index (χ4n) is 1.79. The lowest BCUT2D eigenvalue weighted by Crippen LogP contribution is -2.29. The number of hydrogen-bond donors (Lipinski definition) is 2. The molecule has 0 spiro atoms. The van der Waals surface area contributed by atoms with E-state index < -0.39 is 0 Å². The van der Waals surface area contributed by atoms with E-state index in [1.54, 1.807) is 0 Å². The zero-order valence-corrected chi connectivity index (χ0v) is 8.14. The Bertz CT molecular complexity index is 433. The number of nitrogens with one attached hydrogen (secondary N) is 2. The molecule has 0 radical (unpaired) electrons. The molecule has 0 amide bonds. The molecule has 74 valence electrons. The van der Waals surface area contributed by atoms with Crippen LogP contribution in [0.4, 0.5) is 0 Å². The average Bonchev–Trinajstić information content (AvgIpc) is 2.74. The summed E-state index contributed by atoms with van der Waals surface area (Å²) in [7, 11) is 0. The molecule has 0 aromatic heterocycles. The van der Waals surface area contributed by atoms with Gasteiger partial charge in [0.05, 0.1) is 11.7 Å². The predicted octanol–water partition coefficient (Wildman–Crippen LogP) is 1.69. The summed E-state index contributed by atoms with van der Waals surface area (Å²) in [5, 5.41) is 6.29. The highest BCUT2D eigenvalue weighted by molar-refractivity contribution is 6.01. The van der Waals surface area contributed by atoms with E-state index in [9.17, 15) is 0 Å². The molecule has 0 fully saturated rings. The van der Waals surface area contributed by atoms with Crippen LogP contribution in [0, 0.1) is 0 Å². The standard InChI is InChI=1S/C12H11N3/c1-2-4-9(5-3-1)10-8-11-12(15-10)14-7-6-13-11/h1-8,10,13H,(H,14,15)/t10-/m1/s1. The van der Waals surface area contributed by atoms with E-state index in [1.165, 1.54) is 5.56 Å². The van der Waals surface area contributed by atoms with Gasteiger partial charge in [0.25, 0.3) is 0 Å². The second kappa shape index (κ2) is 3.28. The first kappa shape index (κ1) is 8.29. The minimum absolute atomic E-state index is 0.135. The van der Waals surface area contributed by atoms with Crippen LogP contribution >= 0.6 is 0 Å². The van der Waals surface area contributed by atoms with E-state index in [0.717, 1.165) is 11.5 Å². The van der Waals surface area contributed by atoms with Crippen molar-refractivity contribution in [1.29, 1.82) is 0 Å². The maximum absolute atomic E-state index is 4.58. The normalized spacial score (nSPS) is 22.3. The van der Waals surface area contributed by atoms with E-state index >= 15 is 0 Å². The smallest absolute Gasteiger partial charge is 0.149 e. The minimum atomic E-state index is 0.135. The molecule has 3 heteroatoms. The van der Waals surface area contributed by atoms with Gasteiger partial charge in [-0.25, -0.2) is 0 Å². The molecule has 15 heavy (non-hydrogen) atoms. The van der Waals surface area contributed by atoms with E-state index in [2.05, 4.69) is 33.8 Å². The van der Waals surface area contributed by atoms with Gasteiger partial charge in [-0.2, -0.15) is 0 Å². The Hall–Kier alpha value is -2.03. The lowest BCUT2D eigenvalue weighted by Gasteiger charge is -2.10. The Morgan fingerprint density at radius 3 is 2.60 bits per heavy atom. The largest absolute Gasteiger partial charge is 0.358 e. The summed E-state index contributed by atoms with van der Waals surface area (Å²) in [6.07, 6.45) is 5.85. The molecule has 3 nitrogen and oxygen atoms in total. The van der Waals surface area contributed by atoms with E-state index in [4.69, 9.17) is 0 Å². The number of amidine groups is 1. The third-order valence-electron chi connectivity index (χ3n) is 2.53. The van der Waals surface area contributed by atoms with Crippen LogP contribution < -0.4 is 10.6 Å². The number of aliphatic imine (C=N–C) groups is 1. The molecule has 1 aromatic rings. The van der Waals surface area contributed by atoms with E-state index in [0.29, 0.717) is 0 Å². The third-order valence-corrected chi connectivity index (χ3v) is 2.53. The van der Waals surface area contributed by atoms with Crippen molar-refractivity contribution in [3.05, 3.63) is 60.1 Å². The first-order valence-electron chi connectivity index (χ1n) is 4.96. The lowest BCUT2D eigenvalue weighted by molar-refractivity contribution is 0.925. The van der Waals surface area contributed by atoms with E-state index in [1.807, 2.05) is 30.6 Å². The highest BCUT2D eigenvalue weighted by Crippen LogP contribution is 2.25. The summed E-state index contributed by atoms with van der Waals surface area (Å²) in [5.74, 6) is 0.923. The van der Waals surface area contributed by atoms with Crippen LogP contribution in [0.25, 0.3) is 0 Å². The lowest BCUT2D eigenvalue weighted by atomic mass is 10.1. The fourth-order valence-corrected chi connectivity index (χ4v) is 1.79. The minimum Gasteiger partial charge on any atom is -0.358 e. The first-order chi connectivity index (χ1) is 7.43. The van der Waals surface area contributed by atoms with Crippen LogP contribution in [0.5, 0.6) is 0 Å². The maximum Gasteiger partial charge on any atom is 0.149 e. The molecule has 2 N–H and O–H groups in total. The molecule has 2 heterocycles. The van der Waals surface area contributed by atoms with Crippen molar-refractivity contribution in [2.45, 2.75) is 6.04 Å². The van der Waals surface area contributed by atoms with Gasteiger partial charge in [-0.15, -0.1) is 0 Å². The second-order valence-electron chi connectivity index (χ2n) is 3.54. The maximum atomic E-state index is 4.58. The summed E-state index contributed by atoms with van der Waals surface area (Å²) in [6.45, 7) is 0. The Labute approximate surface area is 88.2 Å². The summed E-state index contributed by atoms with van der Waals surface area (Å²) in [4.78, 5) is 4.58. The Kier molecular flexibility index (Phi) is 1.81. The average molecular weight is 197 g/mol. The van der Waals surface area contributed by atoms with Gasteiger partial charge in [-0.3, -0.25) is 4.99 Å². The molecule has 0 aliphatic carbocycles. The summed E-state index contributed by atoms with van der Waals surface area (Å²) >= 11 is 0. The number of nitrogens with zero attached hydrogens (tertiary/aromatic N) is 1. The van der Waals surface area contributed by atoms with Crippen molar-refractivity contribution in [1.82, 2.24) is 10.6 Å². The monoisotopic (exact) mass is 197 g/mol. The number of hydrogen-bond acceptors (Lipinski definition) is 3. The molecule has 1 atom stereocenters. The van der Waals surface area contributed by atoms with Crippen molar-refractivity contribution in [3.8, 4) is 0 Å². The van der Waals surface area contributed by atoms with Crippen LogP contribution in [0.15, 0.2) is 59.5 Å². The molecule has 2 aliphatic rings. The van der Waals surface area contributed by atoms with Gasteiger partial charge in [0.2, 0.25) is 0 Å². The Morgan fingerprint density at radius 2 is 1.80 bits per heavy atom. The topological polar surface area (TPSA) is 36.4 Å². The van der Waals surface area contributed by atoms with E-state index in [-0.39, 0.29) is 6.04 Å². The molecule has 0 saturated carbocycles. The van der Waals surface area contributed by atoms with Crippen molar-refractivity contribution in [2.75, 3.05) is 0 Å². The van der Waals surface area contributed by atoms with Crippen molar-refractivity contribution >= 4 is 5.84 Å². The zero-order valence-electron chi connectivity index (χ0n) is 8.14. The predicted molar refractivity (Wildman–Crippen MR) is 60.1 cm³/mol. The molecule has 1 aromatic carbocycles. The second-order valence-corrected chi connectivity index (χ2v) is 3.54. The van der Waals surface area contributed by atoms with Gasteiger partial charge in [-0.05, 0) is 11.6 Å². The molecule has 0 unspecified atom stereocenters. The van der Waals surface area contributed by atoms with Crippen LogP contribution in [-0.2, 0) is 0 Å². The molecule has 0 bridgehead atoms. The van der Waals surface area contributed by atoms with Crippen LogP contribution in [0.3, 0.4) is 0 Å². The highest BCUT2D eigenvalue weighted by Gasteiger charge is 2.20.